The van der Waals surface area contributed by atoms with E-state index in [-0.39, 0.29) is 11.3 Å². The third kappa shape index (κ3) is 3.78. The number of aromatic nitrogens is 1. The highest BCUT2D eigenvalue weighted by Crippen LogP contribution is 2.27. The number of sulfone groups is 1. The van der Waals surface area contributed by atoms with Crippen LogP contribution in [0.5, 0.6) is 0 Å². The Balaban J connectivity index is 1.83. The zero-order valence-electron chi connectivity index (χ0n) is 16.0. The summed E-state index contributed by atoms with van der Waals surface area (Å²) in [5, 5.41) is 10.3. The summed E-state index contributed by atoms with van der Waals surface area (Å²) in [4.78, 5) is 13.5. The first-order valence-corrected chi connectivity index (χ1v) is 11.1. The van der Waals surface area contributed by atoms with E-state index in [2.05, 4.69) is 17.9 Å². The van der Waals surface area contributed by atoms with Gasteiger partial charge in [0.1, 0.15) is 27.9 Å². The van der Waals surface area contributed by atoms with E-state index in [1.165, 1.54) is 6.26 Å². The molecule has 1 atom stereocenters. The summed E-state index contributed by atoms with van der Waals surface area (Å²) in [7, 11) is -2.98. The Kier molecular flexibility index (Phi) is 5.41. The van der Waals surface area contributed by atoms with Crippen LogP contribution in [-0.2, 0) is 16.4 Å². The van der Waals surface area contributed by atoms with Gasteiger partial charge in [0.05, 0.1) is 5.25 Å². The van der Waals surface area contributed by atoms with Gasteiger partial charge in [0.25, 0.3) is 0 Å². The Morgan fingerprint density at radius 1 is 1.33 bits per heavy atom. The molecule has 1 aliphatic heterocycles. The molecule has 1 aliphatic rings. The number of likely N-dealkylation sites (tertiary alicyclic amines) is 1. The van der Waals surface area contributed by atoms with Gasteiger partial charge < -0.3 is 4.57 Å². The van der Waals surface area contributed by atoms with Crippen LogP contribution in [0.4, 0.5) is 0 Å². The topological polar surface area (TPSA) is 83.2 Å². The molecule has 7 heteroatoms. The monoisotopic (exact) mass is 387 g/mol. The molecule has 0 N–H and O–H groups in total. The molecule has 1 saturated heterocycles. The second-order valence-electron chi connectivity index (χ2n) is 7.50. The fourth-order valence-corrected chi connectivity index (χ4v) is 5.10. The average Bonchev–Trinajstić information content (AvgIpc) is 3.00. The molecular weight excluding hydrogens is 362 g/mol. The van der Waals surface area contributed by atoms with E-state index in [1.54, 1.807) is 6.07 Å². The molecular formula is C20H25N3O3S. The largest absolute Gasteiger partial charge is 0.331 e. The molecule has 1 aromatic carbocycles. The minimum atomic E-state index is -2.98. The van der Waals surface area contributed by atoms with Crippen molar-refractivity contribution < 1.29 is 13.2 Å². The van der Waals surface area contributed by atoms with Gasteiger partial charge in [-0.25, -0.2) is 8.42 Å². The van der Waals surface area contributed by atoms with Crippen LogP contribution in [0.1, 0.15) is 41.4 Å². The number of benzene rings is 1. The van der Waals surface area contributed by atoms with Gasteiger partial charge in [-0.1, -0.05) is 0 Å². The Morgan fingerprint density at radius 2 is 2.00 bits per heavy atom. The molecule has 0 saturated carbocycles. The summed E-state index contributed by atoms with van der Waals surface area (Å²) >= 11 is 0. The van der Waals surface area contributed by atoms with Gasteiger partial charge in [-0.3, -0.25) is 9.69 Å². The second-order valence-corrected chi connectivity index (χ2v) is 9.82. The molecule has 0 unspecified atom stereocenters. The van der Waals surface area contributed by atoms with E-state index in [0.717, 1.165) is 35.8 Å². The summed E-state index contributed by atoms with van der Waals surface area (Å²) in [6.07, 6.45) is 3.47. The highest BCUT2D eigenvalue weighted by atomic mass is 32.2. The molecule has 3 rings (SSSR count). The molecule has 1 aromatic heterocycles. The highest BCUT2D eigenvalue weighted by molar-refractivity contribution is 7.91. The van der Waals surface area contributed by atoms with Gasteiger partial charge in [-0.05, 0) is 63.5 Å². The standard InChI is InChI=1S/C20H25N3O3S/c1-14(22-8-6-18(7-9-22)27(3,25)26)12-23-17(11-21)10-19-15(2)16(13-24)4-5-20(19)23/h4-5,10,13-14,18H,6-9,12H2,1-3H3/t14-/m0/s1. The Morgan fingerprint density at radius 3 is 2.56 bits per heavy atom. The van der Waals surface area contributed by atoms with Crippen molar-refractivity contribution >= 4 is 27.0 Å². The number of nitrogens with zero attached hydrogens (tertiary/aromatic N) is 3. The van der Waals surface area contributed by atoms with Crippen molar-refractivity contribution in [3.63, 3.8) is 0 Å². The highest BCUT2D eigenvalue weighted by Gasteiger charge is 2.29. The van der Waals surface area contributed by atoms with Crippen molar-refractivity contribution in [2.75, 3.05) is 19.3 Å². The van der Waals surface area contributed by atoms with Crippen molar-refractivity contribution in [3.8, 4) is 6.07 Å². The minimum Gasteiger partial charge on any atom is -0.331 e. The quantitative estimate of drug-likeness (QED) is 0.736. The van der Waals surface area contributed by atoms with Crippen LogP contribution >= 0.6 is 0 Å². The lowest BCUT2D eigenvalue weighted by Gasteiger charge is -2.35. The number of aldehydes is 1. The lowest BCUT2D eigenvalue weighted by molar-refractivity contribution is 0.112. The summed E-state index contributed by atoms with van der Waals surface area (Å²) in [6.45, 7) is 6.15. The molecule has 144 valence electrons. The van der Waals surface area contributed by atoms with Crippen LogP contribution in [0.2, 0.25) is 0 Å². The van der Waals surface area contributed by atoms with Crippen molar-refractivity contribution in [2.45, 2.75) is 44.5 Å². The molecule has 0 bridgehead atoms. The molecule has 0 amide bonds. The number of fused-ring (bicyclic) bond motifs is 1. The van der Waals surface area contributed by atoms with Gasteiger partial charge >= 0.3 is 0 Å². The van der Waals surface area contributed by atoms with Gasteiger partial charge in [0, 0.05) is 35.3 Å². The number of piperidine rings is 1. The van der Waals surface area contributed by atoms with Crippen LogP contribution in [-0.4, -0.2) is 54.8 Å². The van der Waals surface area contributed by atoms with Gasteiger partial charge in [-0.15, -0.1) is 0 Å². The van der Waals surface area contributed by atoms with Crippen molar-refractivity contribution in [2.24, 2.45) is 0 Å². The van der Waals surface area contributed by atoms with Crippen molar-refractivity contribution in [3.05, 3.63) is 35.0 Å². The van der Waals surface area contributed by atoms with Crippen LogP contribution in [0.3, 0.4) is 0 Å². The molecule has 0 spiro atoms. The van der Waals surface area contributed by atoms with Crippen molar-refractivity contribution in [1.29, 1.82) is 5.26 Å². The summed E-state index contributed by atoms with van der Waals surface area (Å²) in [5.41, 5.74) is 3.06. The molecule has 6 nitrogen and oxygen atoms in total. The van der Waals surface area contributed by atoms with E-state index in [4.69, 9.17) is 0 Å². The van der Waals surface area contributed by atoms with E-state index < -0.39 is 9.84 Å². The number of hydrogen-bond donors (Lipinski definition) is 0. The number of carbonyl (C=O) groups is 1. The Hall–Kier alpha value is -2.17. The number of carbonyl (C=O) groups excluding carboxylic acids is 1. The van der Waals surface area contributed by atoms with Crippen molar-refractivity contribution in [1.82, 2.24) is 9.47 Å². The average molecular weight is 388 g/mol. The summed E-state index contributed by atoms with van der Waals surface area (Å²) in [6, 6.07) is 7.98. The van der Waals surface area contributed by atoms with Crippen LogP contribution in [0.15, 0.2) is 18.2 Å². The fraction of sp³-hybridized carbons (Fsp3) is 0.500. The fourth-order valence-electron chi connectivity index (χ4n) is 4.03. The molecule has 27 heavy (non-hydrogen) atoms. The summed E-state index contributed by atoms with van der Waals surface area (Å²) in [5.74, 6) is 0. The van der Waals surface area contributed by atoms with Gasteiger partial charge in [0.2, 0.25) is 0 Å². The summed E-state index contributed by atoms with van der Waals surface area (Å²) < 4.78 is 25.5. The van der Waals surface area contributed by atoms with Crippen LogP contribution in [0, 0.1) is 18.3 Å². The molecule has 0 radical (unpaired) electrons. The predicted molar refractivity (Wildman–Crippen MR) is 106 cm³/mol. The van der Waals surface area contributed by atoms with Crippen LogP contribution in [0.25, 0.3) is 10.9 Å². The third-order valence-corrected chi connectivity index (χ3v) is 7.47. The maximum Gasteiger partial charge on any atom is 0.150 e. The number of nitriles is 1. The van der Waals surface area contributed by atoms with E-state index in [9.17, 15) is 18.5 Å². The number of aryl methyl sites for hydroxylation is 1. The third-order valence-electron chi connectivity index (χ3n) is 5.79. The SMILES string of the molecule is Cc1c(C=O)ccc2c1cc(C#N)n2C[C@H](C)N1CCC(S(C)(=O)=O)CC1. The lowest BCUT2D eigenvalue weighted by atomic mass is 10.1. The Bertz CT molecular complexity index is 1010. The molecule has 0 aliphatic carbocycles. The van der Waals surface area contributed by atoms with Gasteiger partial charge in [0.15, 0.2) is 0 Å². The first-order chi connectivity index (χ1) is 12.8. The van der Waals surface area contributed by atoms with E-state index in [1.807, 2.05) is 23.6 Å². The number of rotatable bonds is 5. The molecule has 1 fully saturated rings. The molecule has 2 aromatic rings. The molecule has 2 heterocycles. The normalized spacial score (nSPS) is 17.7. The van der Waals surface area contributed by atoms with E-state index >= 15 is 0 Å². The minimum absolute atomic E-state index is 0.180. The van der Waals surface area contributed by atoms with E-state index in [0.29, 0.717) is 30.6 Å². The second kappa shape index (κ2) is 7.45. The maximum absolute atomic E-state index is 11.7. The van der Waals surface area contributed by atoms with Crippen LogP contribution < -0.4 is 0 Å². The first kappa shape index (κ1) is 19.6. The number of hydrogen-bond acceptors (Lipinski definition) is 5. The zero-order valence-corrected chi connectivity index (χ0v) is 16.8. The lowest BCUT2D eigenvalue weighted by Crippen LogP contribution is -2.44. The Labute approximate surface area is 160 Å². The predicted octanol–water partition coefficient (Wildman–Crippen LogP) is 2.53. The first-order valence-electron chi connectivity index (χ1n) is 9.17. The smallest absolute Gasteiger partial charge is 0.150 e. The zero-order chi connectivity index (χ0) is 19.8. The maximum atomic E-state index is 11.7. The van der Waals surface area contributed by atoms with Gasteiger partial charge in [-0.2, -0.15) is 5.26 Å².